The third kappa shape index (κ3) is 2.44. The molecule has 0 aliphatic heterocycles. The lowest BCUT2D eigenvalue weighted by atomic mass is 10.3. The summed E-state index contributed by atoms with van der Waals surface area (Å²) in [4.78, 5) is 10.0. The van der Waals surface area contributed by atoms with E-state index in [2.05, 4.69) is 6.58 Å². The van der Waals surface area contributed by atoms with Crippen LogP contribution < -0.4 is 0 Å². The number of carbonyl (C=O) groups excluding carboxylic acids is 1. The van der Waals surface area contributed by atoms with Crippen molar-refractivity contribution in [1.29, 1.82) is 0 Å². The van der Waals surface area contributed by atoms with Gasteiger partial charge in [-0.1, -0.05) is 12.6 Å². The molecular formula is C11H12O2. The van der Waals surface area contributed by atoms with Gasteiger partial charge in [-0.05, 0) is 37.1 Å². The van der Waals surface area contributed by atoms with Gasteiger partial charge in [0, 0.05) is 5.56 Å². The SMILES string of the molecule is C=C(C)C(C)=O.Oc1ccc2cc1-2. The fourth-order valence-electron chi connectivity index (χ4n) is 0.738. The number of fused-ring (bicyclic) bond motifs is 1. The van der Waals surface area contributed by atoms with Gasteiger partial charge in [-0.25, -0.2) is 0 Å². The van der Waals surface area contributed by atoms with Crippen molar-refractivity contribution in [3.63, 3.8) is 0 Å². The number of phenolic OH excluding ortho intramolecular Hbond substituents is 1. The molecule has 2 rings (SSSR count). The topological polar surface area (TPSA) is 37.3 Å². The maximum absolute atomic E-state index is 10.0. The number of rotatable bonds is 1. The van der Waals surface area contributed by atoms with Crippen LogP contribution >= 0.6 is 0 Å². The highest BCUT2D eigenvalue weighted by Crippen LogP contribution is 2.42. The molecule has 0 aromatic rings. The maximum Gasteiger partial charge on any atom is 0.154 e. The van der Waals surface area contributed by atoms with Crippen molar-refractivity contribution in [2.45, 2.75) is 13.8 Å². The number of phenols is 1. The number of benzene rings is 1. The lowest BCUT2D eigenvalue weighted by Crippen LogP contribution is -1.86. The molecule has 0 saturated carbocycles. The quantitative estimate of drug-likeness (QED) is 0.678. The molecule has 0 spiro atoms. The Hall–Kier alpha value is -1.57. The van der Waals surface area contributed by atoms with Gasteiger partial charge in [-0.3, -0.25) is 4.79 Å². The Morgan fingerprint density at radius 1 is 1.38 bits per heavy atom. The van der Waals surface area contributed by atoms with Crippen LogP contribution in [0.3, 0.4) is 0 Å². The van der Waals surface area contributed by atoms with Crippen LogP contribution in [-0.4, -0.2) is 10.9 Å². The Morgan fingerprint density at radius 2 is 1.92 bits per heavy atom. The number of allylic oxidation sites excluding steroid dienone is 1. The molecule has 0 atom stereocenters. The minimum absolute atomic E-state index is 0.0648. The van der Waals surface area contributed by atoms with E-state index in [9.17, 15) is 4.79 Å². The summed E-state index contributed by atoms with van der Waals surface area (Å²) in [6.07, 6.45) is 0. The van der Waals surface area contributed by atoms with E-state index in [1.165, 1.54) is 12.5 Å². The highest BCUT2D eigenvalue weighted by atomic mass is 16.3. The third-order valence-electron chi connectivity index (χ3n) is 1.83. The number of carbonyl (C=O) groups is 1. The second-order valence-corrected chi connectivity index (χ2v) is 3.07. The van der Waals surface area contributed by atoms with Crippen LogP contribution in [-0.2, 0) is 4.79 Å². The monoisotopic (exact) mass is 176 g/mol. The van der Waals surface area contributed by atoms with Crippen molar-refractivity contribution in [2.75, 3.05) is 0 Å². The summed E-state index contributed by atoms with van der Waals surface area (Å²) in [6.45, 7) is 6.60. The van der Waals surface area contributed by atoms with Crippen molar-refractivity contribution >= 4 is 5.78 Å². The van der Waals surface area contributed by atoms with E-state index >= 15 is 0 Å². The number of hydrogen-bond acceptors (Lipinski definition) is 2. The summed E-state index contributed by atoms with van der Waals surface area (Å²) < 4.78 is 0. The molecule has 0 fully saturated rings. The van der Waals surface area contributed by atoms with E-state index in [-0.39, 0.29) is 5.78 Å². The Morgan fingerprint density at radius 3 is 2.00 bits per heavy atom. The molecule has 2 aliphatic rings. The highest BCUT2D eigenvalue weighted by Gasteiger charge is 2.15. The average Bonchev–Trinajstić information content (AvgIpc) is 2.74. The smallest absolute Gasteiger partial charge is 0.154 e. The summed E-state index contributed by atoms with van der Waals surface area (Å²) in [5, 5.41) is 8.78. The summed E-state index contributed by atoms with van der Waals surface area (Å²) in [7, 11) is 0. The first-order valence-electron chi connectivity index (χ1n) is 4.02. The number of aromatic hydroxyl groups is 1. The second kappa shape index (κ2) is 3.44. The molecular weight excluding hydrogens is 164 g/mol. The van der Waals surface area contributed by atoms with Gasteiger partial charge in [-0.2, -0.15) is 0 Å². The van der Waals surface area contributed by atoms with E-state index in [0.29, 0.717) is 11.3 Å². The molecule has 0 amide bonds. The maximum atomic E-state index is 10.0. The van der Waals surface area contributed by atoms with Gasteiger partial charge in [-0.15, -0.1) is 0 Å². The molecule has 0 bridgehead atoms. The lowest BCUT2D eigenvalue weighted by Gasteiger charge is -1.80. The highest BCUT2D eigenvalue weighted by molar-refractivity contribution is 5.91. The van der Waals surface area contributed by atoms with Crippen LogP contribution in [0.1, 0.15) is 13.8 Å². The molecule has 0 heterocycles. The van der Waals surface area contributed by atoms with Crippen molar-refractivity contribution in [2.24, 2.45) is 0 Å². The summed E-state index contributed by atoms with van der Waals surface area (Å²) in [5.41, 5.74) is 2.84. The van der Waals surface area contributed by atoms with Gasteiger partial charge in [0.15, 0.2) is 5.78 Å². The zero-order valence-electron chi connectivity index (χ0n) is 7.79. The molecule has 0 saturated heterocycles. The first kappa shape index (κ1) is 9.52. The van der Waals surface area contributed by atoms with Crippen LogP contribution in [0.2, 0.25) is 0 Å². The van der Waals surface area contributed by atoms with Crippen molar-refractivity contribution < 1.29 is 9.90 Å². The van der Waals surface area contributed by atoms with E-state index in [4.69, 9.17) is 5.11 Å². The predicted molar refractivity (Wildman–Crippen MR) is 52.6 cm³/mol. The van der Waals surface area contributed by atoms with Crippen LogP contribution in [0, 0.1) is 0 Å². The Bertz CT molecular complexity index is 352. The van der Waals surface area contributed by atoms with E-state index in [0.717, 1.165) is 5.56 Å². The second-order valence-electron chi connectivity index (χ2n) is 3.07. The fraction of sp³-hybridized carbons (Fsp3) is 0.182. The van der Waals surface area contributed by atoms with Crippen molar-refractivity contribution in [3.05, 3.63) is 30.4 Å². The Labute approximate surface area is 77.5 Å². The Balaban J connectivity index is 0.000000133. The van der Waals surface area contributed by atoms with Gasteiger partial charge >= 0.3 is 0 Å². The van der Waals surface area contributed by atoms with Crippen molar-refractivity contribution in [1.82, 2.24) is 0 Å². The lowest BCUT2D eigenvalue weighted by molar-refractivity contribution is -0.113. The van der Waals surface area contributed by atoms with Gasteiger partial charge in [0.1, 0.15) is 5.75 Å². The van der Waals surface area contributed by atoms with Crippen LogP contribution in [0.15, 0.2) is 30.4 Å². The van der Waals surface area contributed by atoms with E-state index < -0.39 is 0 Å². The molecule has 0 radical (unpaired) electrons. The normalized spacial score (nSPS) is 9.69. The first-order chi connectivity index (χ1) is 6.02. The Kier molecular flexibility index (Phi) is 2.52. The molecule has 2 aliphatic carbocycles. The minimum atomic E-state index is 0.0648. The fourth-order valence-corrected chi connectivity index (χ4v) is 0.738. The predicted octanol–water partition coefficient (Wildman–Crippen LogP) is 2.52. The molecule has 0 unspecified atom stereocenters. The molecule has 2 heteroatoms. The molecule has 0 aromatic carbocycles. The summed E-state index contributed by atoms with van der Waals surface area (Å²) in [6, 6.07) is 5.57. The van der Waals surface area contributed by atoms with E-state index in [1.807, 2.05) is 12.1 Å². The van der Waals surface area contributed by atoms with Crippen molar-refractivity contribution in [3.8, 4) is 16.9 Å². The standard InChI is InChI=1S/C6H4O.C5H8O/c7-6-2-1-4-3-5(4)6;1-4(2)5(3)6/h1-3,7H;1H2,2-3H3. The molecule has 1 N–H and O–H groups in total. The first-order valence-corrected chi connectivity index (χ1v) is 4.02. The van der Waals surface area contributed by atoms with E-state index in [1.54, 1.807) is 13.0 Å². The van der Waals surface area contributed by atoms with Crippen LogP contribution in [0.5, 0.6) is 5.75 Å². The van der Waals surface area contributed by atoms with Gasteiger partial charge < -0.3 is 5.11 Å². The zero-order valence-corrected chi connectivity index (χ0v) is 7.79. The zero-order chi connectivity index (χ0) is 10.0. The number of Topliss-reactive ketones (excluding diaryl/α,β-unsaturated/α-hetero) is 1. The molecule has 2 nitrogen and oxygen atoms in total. The molecule has 13 heavy (non-hydrogen) atoms. The van der Waals surface area contributed by atoms with Gasteiger partial charge in [0.05, 0.1) is 0 Å². The number of ketones is 1. The number of hydrogen-bond donors (Lipinski definition) is 1. The van der Waals surface area contributed by atoms with Gasteiger partial charge in [0.2, 0.25) is 0 Å². The van der Waals surface area contributed by atoms with Crippen LogP contribution in [0.4, 0.5) is 0 Å². The molecule has 68 valence electrons. The van der Waals surface area contributed by atoms with Crippen LogP contribution in [0.25, 0.3) is 11.1 Å². The summed E-state index contributed by atoms with van der Waals surface area (Å²) >= 11 is 0. The van der Waals surface area contributed by atoms with Gasteiger partial charge in [0.25, 0.3) is 0 Å². The average molecular weight is 176 g/mol. The minimum Gasteiger partial charge on any atom is -0.507 e. The summed E-state index contributed by atoms with van der Waals surface area (Å²) in [5.74, 6) is 0.491. The molecule has 0 aromatic heterocycles. The largest absolute Gasteiger partial charge is 0.507 e. The third-order valence-corrected chi connectivity index (χ3v) is 1.83.